The highest BCUT2D eigenvalue weighted by molar-refractivity contribution is 5.70. The number of carbonyl (C=O) groups is 2. The van der Waals surface area contributed by atoms with Gasteiger partial charge in [-0.15, -0.1) is 0 Å². The molecular formula is C22H38O4. The third kappa shape index (κ3) is 8.55. The van der Waals surface area contributed by atoms with Crippen LogP contribution in [0.2, 0.25) is 0 Å². The summed E-state index contributed by atoms with van der Waals surface area (Å²) >= 11 is 0. The molecule has 26 heavy (non-hydrogen) atoms. The molecule has 0 heterocycles. The minimum atomic E-state index is -0.118. The van der Waals surface area contributed by atoms with Crippen molar-refractivity contribution in [1.82, 2.24) is 0 Å². The Balaban J connectivity index is 1.45. The van der Waals surface area contributed by atoms with Crippen molar-refractivity contribution in [1.29, 1.82) is 0 Å². The van der Waals surface area contributed by atoms with E-state index in [1.807, 2.05) is 0 Å². The van der Waals surface area contributed by atoms with Gasteiger partial charge >= 0.3 is 11.9 Å². The summed E-state index contributed by atoms with van der Waals surface area (Å²) in [4.78, 5) is 23.7. The van der Waals surface area contributed by atoms with Crippen molar-refractivity contribution in [3.63, 3.8) is 0 Å². The Hall–Kier alpha value is -1.06. The molecule has 4 heteroatoms. The highest BCUT2D eigenvalue weighted by Gasteiger charge is 2.21. The zero-order chi connectivity index (χ0) is 18.8. The van der Waals surface area contributed by atoms with E-state index < -0.39 is 0 Å². The van der Waals surface area contributed by atoms with Crippen LogP contribution < -0.4 is 0 Å². The fourth-order valence-electron chi connectivity index (χ4n) is 4.31. The fraction of sp³-hybridized carbons (Fsp3) is 0.909. The van der Waals surface area contributed by atoms with Crippen molar-refractivity contribution < 1.29 is 19.1 Å². The zero-order valence-corrected chi connectivity index (χ0v) is 16.8. The van der Waals surface area contributed by atoms with Gasteiger partial charge in [0.25, 0.3) is 0 Å². The molecule has 2 saturated carbocycles. The molecule has 0 aromatic heterocycles. The lowest BCUT2D eigenvalue weighted by atomic mass is 9.83. The van der Waals surface area contributed by atoms with Crippen molar-refractivity contribution in [3.8, 4) is 0 Å². The first-order valence-electron chi connectivity index (χ1n) is 10.8. The minimum Gasteiger partial charge on any atom is -0.465 e. The number of hydrogen-bond donors (Lipinski definition) is 0. The van der Waals surface area contributed by atoms with E-state index in [1.54, 1.807) is 0 Å². The van der Waals surface area contributed by atoms with Gasteiger partial charge in [-0.2, -0.15) is 0 Å². The Morgan fingerprint density at radius 2 is 1.31 bits per heavy atom. The van der Waals surface area contributed by atoms with Crippen LogP contribution in [0.4, 0.5) is 0 Å². The van der Waals surface area contributed by atoms with Gasteiger partial charge in [0.15, 0.2) is 0 Å². The van der Waals surface area contributed by atoms with E-state index in [1.165, 1.54) is 51.4 Å². The molecule has 2 rings (SSSR count). The minimum absolute atomic E-state index is 0.117. The highest BCUT2D eigenvalue weighted by Crippen LogP contribution is 2.29. The lowest BCUT2D eigenvalue weighted by molar-refractivity contribution is -0.147. The van der Waals surface area contributed by atoms with Crippen LogP contribution in [0.1, 0.15) is 90.9 Å². The Kier molecular flexibility index (Phi) is 9.49. The molecule has 0 aromatic rings. The Morgan fingerprint density at radius 1 is 0.731 bits per heavy atom. The summed E-state index contributed by atoms with van der Waals surface area (Å²) in [6.45, 7) is 5.73. The summed E-state index contributed by atoms with van der Waals surface area (Å²) in [6, 6.07) is 0. The molecule has 150 valence electrons. The second-order valence-electron chi connectivity index (χ2n) is 8.84. The Bertz CT molecular complexity index is 426. The van der Waals surface area contributed by atoms with E-state index in [2.05, 4.69) is 13.8 Å². The van der Waals surface area contributed by atoms with Gasteiger partial charge in [0, 0.05) is 12.8 Å². The molecule has 0 N–H and O–H groups in total. The molecule has 0 amide bonds. The molecule has 0 saturated heterocycles. The van der Waals surface area contributed by atoms with Crippen LogP contribution in [0, 0.1) is 23.7 Å². The summed E-state index contributed by atoms with van der Waals surface area (Å²) in [5, 5.41) is 0. The number of unbranched alkanes of at least 4 members (excludes halogenated alkanes) is 1. The van der Waals surface area contributed by atoms with E-state index in [0.717, 1.165) is 11.8 Å². The number of esters is 2. The molecule has 2 atom stereocenters. The Labute approximate surface area is 159 Å². The third-order valence-corrected chi connectivity index (χ3v) is 6.15. The van der Waals surface area contributed by atoms with Crippen LogP contribution in [0.15, 0.2) is 0 Å². The maximum atomic E-state index is 11.8. The maximum Gasteiger partial charge on any atom is 0.305 e. The summed E-state index contributed by atoms with van der Waals surface area (Å²) in [6.07, 6.45) is 12.0. The monoisotopic (exact) mass is 366 g/mol. The maximum absolute atomic E-state index is 11.8. The van der Waals surface area contributed by atoms with E-state index in [9.17, 15) is 9.59 Å². The molecule has 0 spiro atoms. The van der Waals surface area contributed by atoms with Crippen molar-refractivity contribution in [2.24, 2.45) is 23.7 Å². The predicted octanol–water partition coefficient (Wildman–Crippen LogP) is 5.29. The standard InChI is InChI=1S/C22H38O4/c1-17-10-12-19(13-11-17)15-25-21(23)8-3-4-9-22(24)26-16-20-7-5-6-18(2)14-20/h17-20H,3-16H2,1-2H3. The first-order valence-corrected chi connectivity index (χ1v) is 10.8. The molecule has 0 aromatic carbocycles. The third-order valence-electron chi connectivity index (χ3n) is 6.15. The van der Waals surface area contributed by atoms with Crippen LogP contribution in [0.5, 0.6) is 0 Å². The van der Waals surface area contributed by atoms with E-state index in [-0.39, 0.29) is 11.9 Å². The number of rotatable bonds is 9. The first kappa shape index (κ1) is 21.2. The van der Waals surface area contributed by atoms with Crippen LogP contribution in [0.3, 0.4) is 0 Å². The normalized spacial score (nSPS) is 29.2. The first-order chi connectivity index (χ1) is 12.5. The SMILES string of the molecule is CC1CCC(COC(=O)CCCCC(=O)OCC2CCCC(C)C2)CC1. The molecule has 2 aliphatic rings. The topological polar surface area (TPSA) is 52.6 Å². The average molecular weight is 367 g/mol. The van der Waals surface area contributed by atoms with Crippen molar-refractivity contribution in [2.45, 2.75) is 90.9 Å². The van der Waals surface area contributed by atoms with Crippen LogP contribution in [0.25, 0.3) is 0 Å². The molecule has 2 aliphatic carbocycles. The largest absolute Gasteiger partial charge is 0.465 e. The number of ether oxygens (including phenoxy) is 2. The van der Waals surface area contributed by atoms with Crippen molar-refractivity contribution in [2.75, 3.05) is 13.2 Å². The molecule has 4 nitrogen and oxygen atoms in total. The van der Waals surface area contributed by atoms with E-state index in [4.69, 9.17) is 9.47 Å². The van der Waals surface area contributed by atoms with Gasteiger partial charge in [0.1, 0.15) is 0 Å². The molecule has 0 radical (unpaired) electrons. The molecular weight excluding hydrogens is 328 g/mol. The van der Waals surface area contributed by atoms with Crippen LogP contribution in [-0.4, -0.2) is 25.2 Å². The lowest BCUT2D eigenvalue weighted by Gasteiger charge is -2.26. The van der Waals surface area contributed by atoms with Crippen molar-refractivity contribution >= 4 is 11.9 Å². The van der Waals surface area contributed by atoms with Gasteiger partial charge < -0.3 is 9.47 Å². The van der Waals surface area contributed by atoms with E-state index >= 15 is 0 Å². The molecule has 2 unspecified atom stereocenters. The van der Waals surface area contributed by atoms with Gasteiger partial charge in [-0.3, -0.25) is 9.59 Å². The summed E-state index contributed by atoms with van der Waals surface area (Å²) in [5.41, 5.74) is 0. The fourth-order valence-corrected chi connectivity index (χ4v) is 4.31. The van der Waals surface area contributed by atoms with Crippen molar-refractivity contribution in [3.05, 3.63) is 0 Å². The summed E-state index contributed by atoms with van der Waals surface area (Å²) in [7, 11) is 0. The van der Waals surface area contributed by atoms with E-state index in [0.29, 0.717) is 50.7 Å². The second-order valence-corrected chi connectivity index (χ2v) is 8.84. The van der Waals surface area contributed by atoms with Gasteiger partial charge in [-0.05, 0) is 62.2 Å². The number of carbonyl (C=O) groups excluding carboxylic acids is 2. The summed E-state index contributed by atoms with van der Waals surface area (Å²) in [5.74, 6) is 2.44. The van der Waals surface area contributed by atoms with Crippen LogP contribution in [-0.2, 0) is 19.1 Å². The summed E-state index contributed by atoms with van der Waals surface area (Å²) < 4.78 is 10.8. The van der Waals surface area contributed by atoms with Gasteiger partial charge in [0.05, 0.1) is 13.2 Å². The Morgan fingerprint density at radius 3 is 1.88 bits per heavy atom. The smallest absolute Gasteiger partial charge is 0.305 e. The van der Waals surface area contributed by atoms with Gasteiger partial charge in [0.2, 0.25) is 0 Å². The highest BCUT2D eigenvalue weighted by atomic mass is 16.5. The van der Waals surface area contributed by atoms with Gasteiger partial charge in [-0.1, -0.05) is 39.5 Å². The molecule has 0 bridgehead atoms. The second kappa shape index (κ2) is 11.6. The molecule has 2 fully saturated rings. The van der Waals surface area contributed by atoms with Gasteiger partial charge in [-0.25, -0.2) is 0 Å². The quantitative estimate of drug-likeness (QED) is 0.411. The average Bonchev–Trinajstić information content (AvgIpc) is 2.63. The molecule has 0 aliphatic heterocycles. The number of hydrogen-bond acceptors (Lipinski definition) is 4. The lowest BCUT2D eigenvalue weighted by Crippen LogP contribution is -2.20. The van der Waals surface area contributed by atoms with Crippen LogP contribution >= 0.6 is 0 Å². The predicted molar refractivity (Wildman–Crippen MR) is 103 cm³/mol. The zero-order valence-electron chi connectivity index (χ0n) is 16.8.